The SMILES string of the molecule is Cc1cccc(-c2noc(CN3CCc4ccccc43)n2)c1. The van der Waals surface area contributed by atoms with Crippen molar-refractivity contribution in [3.8, 4) is 11.4 Å². The first-order valence-electron chi connectivity index (χ1n) is 7.52. The number of hydrogen-bond donors (Lipinski definition) is 0. The Morgan fingerprint density at radius 2 is 2.05 bits per heavy atom. The van der Waals surface area contributed by atoms with Gasteiger partial charge in [-0.05, 0) is 31.0 Å². The standard InChI is InChI=1S/C18H17N3O/c1-13-5-4-7-15(11-13)18-19-17(22-20-18)12-21-10-9-14-6-2-3-8-16(14)21/h2-8,11H,9-10,12H2,1H3. The molecule has 0 amide bonds. The lowest BCUT2D eigenvalue weighted by Crippen LogP contribution is -2.19. The number of rotatable bonds is 3. The van der Waals surface area contributed by atoms with Crippen molar-refractivity contribution in [2.24, 2.45) is 0 Å². The van der Waals surface area contributed by atoms with Crippen molar-refractivity contribution in [3.05, 3.63) is 65.5 Å². The highest BCUT2D eigenvalue weighted by molar-refractivity contribution is 5.58. The number of aryl methyl sites for hydroxylation is 1. The molecule has 0 bridgehead atoms. The normalized spacial score (nSPS) is 13.4. The summed E-state index contributed by atoms with van der Waals surface area (Å²) in [5.41, 5.74) is 4.85. The van der Waals surface area contributed by atoms with E-state index in [2.05, 4.69) is 58.4 Å². The average molecular weight is 291 g/mol. The fraction of sp³-hybridized carbons (Fsp3) is 0.222. The second-order valence-corrected chi connectivity index (χ2v) is 5.68. The van der Waals surface area contributed by atoms with Gasteiger partial charge in [-0.1, -0.05) is 47.1 Å². The Kier molecular flexibility index (Phi) is 3.15. The monoisotopic (exact) mass is 291 g/mol. The largest absolute Gasteiger partial charge is 0.362 e. The van der Waals surface area contributed by atoms with E-state index < -0.39 is 0 Å². The second-order valence-electron chi connectivity index (χ2n) is 5.68. The summed E-state index contributed by atoms with van der Waals surface area (Å²) in [6.07, 6.45) is 1.08. The maximum absolute atomic E-state index is 5.43. The molecule has 0 fully saturated rings. The van der Waals surface area contributed by atoms with Crippen LogP contribution in [0.4, 0.5) is 5.69 Å². The zero-order chi connectivity index (χ0) is 14.9. The summed E-state index contributed by atoms with van der Waals surface area (Å²) >= 11 is 0. The number of aromatic nitrogens is 2. The minimum absolute atomic E-state index is 0.659. The lowest BCUT2D eigenvalue weighted by molar-refractivity contribution is 0.377. The summed E-state index contributed by atoms with van der Waals surface area (Å²) in [6, 6.07) is 16.6. The van der Waals surface area contributed by atoms with Crippen LogP contribution in [-0.4, -0.2) is 16.7 Å². The van der Waals surface area contributed by atoms with E-state index in [1.807, 2.05) is 12.1 Å². The summed E-state index contributed by atoms with van der Waals surface area (Å²) in [7, 11) is 0. The molecule has 0 atom stereocenters. The van der Waals surface area contributed by atoms with Gasteiger partial charge in [-0.2, -0.15) is 4.98 Å². The Morgan fingerprint density at radius 1 is 1.14 bits per heavy atom. The molecule has 0 N–H and O–H groups in total. The van der Waals surface area contributed by atoms with Gasteiger partial charge in [0.05, 0.1) is 6.54 Å². The fourth-order valence-electron chi connectivity index (χ4n) is 2.95. The number of hydrogen-bond acceptors (Lipinski definition) is 4. The number of benzene rings is 2. The molecule has 1 aliphatic rings. The van der Waals surface area contributed by atoms with Crippen LogP contribution in [0.2, 0.25) is 0 Å². The molecule has 110 valence electrons. The van der Waals surface area contributed by atoms with E-state index in [0.717, 1.165) is 18.5 Å². The number of anilines is 1. The minimum Gasteiger partial charge on any atom is -0.362 e. The van der Waals surface area contributed by atoms with Gasteiger partial charge in [-0.25, -0.2) is 0 Å². The molecule has 22 heavy (non-hydrogen) atoms. The van der Waals surface area contributed by atoms with E-state index in [1.165, 1.54) is 16.8 Å². The molecule has 2 aromatic carbocycles. The van der Waals surface area contributed by atoms with Crippen LogP contribution in [0.3, 0.4) is 0 Å². The Balaban J connectivity index is 1.56. The topological polar surface area (TPSA) is 42.2 Å². The third kappa shape index (κ3) is 2.37. The van der Waals surface area contributed by atoms with Crippen molar-refractivity contribution in [3.63, 3.8) is 0 Å². The Morgan fingerprint density at radius 3 is 2.95 bits per heavy atom. The summed E-state index contributed by atoms with van der Waals surface area (Å²) in [5, 5.41) is 4.11. The molecule has 0 unspecified atom stereocenters. The molecule has 4 nitrogen and oxygen atoms in total. The van der Waals surface area contributed by atoms with Gasteiger partial charge in [-0.3, -0.25) is 0 Å². The predicted octanol–water partition coefficient (Wildman–Crippen LogP) is 3.61. The fourth-order valence-corrected chi connectivity index (χ4v) is 2.95. The predicted molar refractivity (Wildman–Crippen MR) is 85.7 cm³/mol. The Labute approximate surface area is 129 Å². The Bertz CT molecular complexity index is 809. The highest BCUT2D eigenvalue weighted by Gasteiger charge is 2.20. The molecule has 1 aromatic heterocycles. The van der Waals surface area contributed by atoms with Crippen LogP contribution >= 0.6 is 0 Å². The van der Waals surface area contributed by atoms with Crippen LogP contribution in [-0.2, 0) is 13.0 Å². The van der Waals surface area contributed by atoms with E-state index >= 15 is 0 Å². The number of para-hydroxylation sites is 1. The van der Waals surface area contributed by atoms with Gasteiger partial charge in [0.25, 0.3) is 0 Å². The molecule has 3 aromatic rings. The van der Waals surface area contributed by atoms with Gasteiger partial charge in [0.15, 0.2) is 0 Å². The molecule has 4 heteroatoms. The first-order chi connectivity index (χ1) is 10.8. The third-order valence-electron chi connectivity index (χ3n) is 4.05. The molecule has 0 saturated heterocycles. The van der Waals surface area contributed by atoms with Gasteiger partial charge < -0.3 is 9.42 Å². The third-order valence-corrected chi connectivity index (χ3v) is 4.05. The van der Waals surface area contributed by atoms with Crippen LogP contribution in [0.15, 0.2) is 53.1 Å². The van der Waals surface area contributed by atoms with Crippen LogP contribution < -0.4 is 4.90 Å². The second kappa shape index (κ2) is 5.30. The van der Waals surface area contributed by atoms with E-state index in [0.29, 0.717) is 18.3 Å². The highest BCUT2D eigenvalue weighted by atomic mass is 16.5. The zero-order valence-electron chi connectivity index (χ0n) is 12.5. The molecule has 2 heterocycles. The minimum atomic E-state index is 0.659. The lowest BCUT2D eigenvalue weighted by atomic mass is 10.1. The maximum atomic E-state index is 5.43. The summed E-state index contributed by atoms with van der Waals surface area (Å²) in [6.45, 7) is 3.73. The van der Waals surface area contributed by atoms with Crippen LogP contribution in [0, 0.1) is 6.92 Å². The van der Waals surface area contributed by atoms with E-state index in [4.69, 9.17) is 4.52 Å². The molecule has 0 aliphatic carbocycles. The number of fused-ring (bicyclic) bond motifs is 1. The molecule has 0 spiro atoms. The first kappa shape index (κ1) is 13.1. The number of nitrogens with zero attached hydrogens (tertiary/aromatic N) is 3. The lowest BCUT2D eigenvalue weighted by Gasteiger charge is -2.16. The van der Waals surface area contributed by atoms with Crippen molar-refractivity contribution in [2.75, 3.05) is 11.4 Å². The van der Waals surface area contributed by atoms with Crippen molar-refractivity contribution >= 4 is 5.69 Å². The van der Waals surface area contributed by atoms with Crippen molar-refractivity contribution in [1.82, 2.24) is 10.1 Å². The molecule has 4 rings (SSSR count). The average Bonchev–Trinajstić information content (AvgIpc) is 3.16. The van der Waals surface area contributed by atoms with Gasteiger partial charge in [-0.15, -0.1) is 0 Å². The summed E-state index contributed by atoms with van der Waals surface area (Å²) < 4.78 is 5.43. The van der Waals surface area contributed by atoms with Gasteiger partial charge in [0.2, 0.25) is 11.7 Å². The van der Waals surface area contributed by atoms with E-state index in [9.17, 15) is 0 Å². The molecule has 0 saturated carbocycles. The maximum Gasteiger partial charge on any atom is 0.246 e. The van der Waals surface area contributed by atoms with Crippen molar-refractivity contribution in [2.45, 2.75) is 19.9 Å². The summed E-state index contributed by atoms with van der Waals surface area (Å²) in [4.78, 5) is 6.83. The first-order valence-corrected chi connectivity index (χ1v) is 7.52. The van der Waals surface area contributed by atoms with Crippen molar-refractivity contribution < 1.29 is 4.52 Å². The van der Waals surface area contributed by atoms with Crippen LogP contribution in [0.1, 0.15) is 17.0 Å². The van der Waals surface area contributed by atoms with Gasteiger partial charge in [0.1, 0.15) is 0 Å². The Hall–Kier alpha value is -2.62. The summed E-state index contributed by atoms with van der Waals surface area (Å²) in [5.74, 6) is 1.32. The van der Waals surface area contributed by atoms with Gasteiger partial charge in [0, 0.05) is 17.8 Å². The quantitative estimate of drug-likeness (QED) is 0.739. The molecule has 0 radical (unpaired) electrons. The van der Waals surface area contributed by atoms with E-state index in [-0.39, 0.29) is 0 Å². The van der Waals surface area contributed by atoms with Crippen LogP contribution in [0.25, 0.3) is 11.4 Å². The smallest absolute Gasteiger partial charge is 0.246 e. The molecular weight excluding hydrogens is 274 g/mol. The van der Waals surface area contributed by atoms with E-state index in [1.54, 1.807) is 0 Å². The molecular formula is C18H17N3O. The zero-order valence-corrected chi connectivity index (χ0v) is 12.5. The van der Waals surface area contributed by atoms with Gasteiger partial charge >= 0.3 is 0 Å². The van der Waals surface area contributed by atoms with Crippen molar-refractivity contribution in [1.29, 1.82) is 0 Å². The van der Waals surface area contributed by atoms with Crippen LogP contribution in [0.5, 0.6) is 0 Å². The highest BCUT2D eigenvalue weighted by Crippen LogP contribution is 2.28. The molecule has 1 aliphatic heterocycles.